The van der Waals surface area contributed by atoms with Crippen molar-refractivity contribution in [3.05, 3.63) is 54.0 Å². The minimum atomic E-state index is -0.867. The molecule has 160 valence electrons. The van der Waals surface area contributed by atoms with E-state index in [4.69, 9.17) is 11.5 Å². The van der Waals surface area contributed by atoms with Crippen molar-refractivity contribution in [2.24, 2.45) is 5.92 Å². The third kappa shape index (κ3) is 3.37. The number of aliphatic hydroxyl groups excluding tert-OH is 2. The average molecular weight is 419 g/mol. The van der Waals surface area contributed by atoms with E-state index < -0.39 is 12.2 Å². The molecule has 0 aliphatic heterocycles. The van der Waals surface area contributed by atoms with Crippen LogP contribution < -0.4 is 11.5 Å². The van der Waals surface area contributed by atoms with E-state index in [2.05, 4.69) is 21.0 Å². The molecule has 1 aliphatic rings. The van der Waals surface area contributed by atoms with E-state index in [1.807, 2.05) is 35.8 Å². The van der Waals surface area contributed by atoms with Crippen LogP contribution in [0.2, 0.25) is 0 Å². The van der Waals surface area contributed by atoms with Gasteiger partial charge in [0.15, 0.2) is 0 Å². The van der Waals surface area contributed by atoms with Gasteiger partial charge in [-0.3, -0.25) is 0 Å². The van der Waals surface area contributed by atoms with Gasteiger partial charge in [0.05, 0.1) is 23.0 Å². The van der Waals surface area contributed by atoms with Gasteiger partial charge in [0, 0.05) is 11.1 Å². The first-order chi connectivity index (χ1) is 14.9. The third-order valence-corrected chi connectivity index (χ3v) is 6.54. The van der Waals surface area contributed by atoms with Crippen molar-refractivity contribution in [2.75, 3.05) is 11.5 Å². The van der Waals surface area contributed by atoms with Crippen LogP contribution in [-0.4, -0.2) is 41.9 Å². The Morgan fingerprint density at radius 2 is 1.87 bits per heavy atom. The van der Waals surface area contributed by atoms with Gasteiger partial charge in [0.1, 0.15) is 29.7 Å². The largest absolute Gasteiger partial charge is 0.390 e. The number of anilines is 2. The number of nitrogens with two attached hydrogens (primary N) is 2. The summed E-state index contributed by atoms with van der Waals surface area (Å²) in [7, 11) is 0. The van der Waals surface area contributed by atoms with E-state index in [9.17, 15) is 10.2 Å². The van der Waals surface area contributed by atoms with Gasteiger partial charge in [0.2, 0.25) is 0 Å². The molecule has 0 saturated heterocycles. The summed E-state index contributed by atoms with van der Waals surface area (Å²) in [6.45, 7) is 1.96. The lowest BCUT2D eigenvalue weighted by atomic mass is 9.95. The summed E-state index contributed by atoms with van der Waals surface area (Å²) in [5.74, 6) is 0.892. The van der Waals surface area contributed by atoms with Crippen LogP contribution in [0.25, 0.3) is 21.9 Å². The van der Waals surface area contributed by atoms with Crippen LogP contribution in [0.4, 0.5) is 11.6 Å². The molecule has 3 heterocycles. The van der Waals surface area contributed by atoms with E-state index in [1.165, 1.54) is 6.33 Å². The molecule has 0 spiro atoms. The number of rotatable bonds is 4. The van der Waals surface area contributed by atoms with Gasteiger partial charge in [-0.15, -0.1) is 0 Å². The van der Waals surface area contributed by atoms with Gasteiger partial charge in [-0.05, 0) is 61.9 Å². The first kappa shape index (κ1) is 19.7. The number of fused-ring (bicyclic) bond motifs is 2. The van der Waals surface area contributed by atoms with Crippen LogP contribution in [0.1, 0.15) is 30.1 Å². The minimum Gasteiger partial charge on any atom is -0.390 e. The maximum atomic E-state index is 10.9. The zero-order chi connectivity index (χ0) is 21.7. The second-order valence-corrected chi connectivity index (χ2v) is 8.50. The zero-order valence-corrected chi connectivity index (χ0v) is 17.3. The van der Waals surface area contributed by atoms with Crippen LogP contribution in [0, 0.1) is 12.8 Å². The maximum Gasteiger partial charge on any atom is 0.146 e. The predicted octanol–water partition coefficient (Wildman–Crippen LogP) is 2.37. The van der Waals surface area contributed by atoms with Crippen molar-refractivity contribution in [3.63, 3.8) is 0 Å². The highest BCUT2D eigenvalue weighted by molar-refractivity contribution is 5.87. The molecule has 5 rings (SSSR count). The molecule has 6 N–H and O–H groups in total. The number of nitrogens with zero attached hydrogens (tertiary/aromatic N) is 4. The predicted molar refractivity (Wildman–Crippen MR) is 120 cm³/mol. The summed E-state index contributed by atoms with van der Waals surface area (Å²) in [6, 6.07) is 11.6. The van der Waals surface area contributed by atoms with Gasteiger partial charge < -0.3 is 26.2 Å². The Morgan fingerprint density at radius 1 is 1.06 bits per heavy atom. The van der Waals surface area contributed by atoms with Crippen molar-refractivity contribution in [1.29, 1.82) is 0 Å². The molecule has 1 aliphatic carbocycles. The van der Waals surface area contributed by atoms with E-state index in [0.29, 0.717) is 23.7 Å². The fourth-order valence-electron chi connectivity index (χ4n) is 4.92. The van der Waals surface area contributed by atoms with Gasteiger partial charge in [-0.2, -0.15) is 0 Å². The molecule has 8 nitrogen and oxygen atoms in total. The SMILES string of the molecule is Cc1cc2c(N)ncnc2n1[C@@H]1C[C@H](CCc2ccc3ccc(N)nc3c2)[C@@H](O)[C@H]1O. The quantitative estimate of drug-likeness (QED) is 0.399. The zero-order valence-electron chi connectivity index (χ0n) is 17.3. The highest BCUT2D eigenvalue weighted by Crippen LogP contribution is 2.40. The molecule has 1 aromatic carbocycles. The molecule has 0 bridgehead atoms. The molecule has 4 atom stereocenters. The summed E-state index contributed by atoms with van der Waals surface area (Å²) in [5, 5.41) is 23.5. The van der Waals surface area contributed by atoms with Gasteiger partial charge >= 0.3 is 0 Å². The minimum absolute atomic E-state index is 0.0273. The molecule has 31 heavy (non-hydrogen) atoms. The second kappa shape index (κ2) is 7.47. The molecule has 0 radical (unpaired) electrons. The lowest BCUT2D eigenvalue weighted by molar-refractivity contribution is 0.00524. The Balaban J connectivity index is 1.37. The molecule has 0 unspecified atom stereocenters. The van der Waals surface area contributed by atoms with Crippen LogP contribution in [0.3, 0.4) is 0 Å². The number of pyridine rings is 1. The number of hydrogen-bond acceptors (Lipinski definition) is 7. The fraction of sp³-hybridized carbons (Fsp3) is 0.348. The summed E-state index contributed by atoms with van der Waals surface area (Å²) < 4.78 is 1.99. The van der Waals surface area contributed by atoms with Gasteiger partial charge in [0.25, 0.3) is 0 Å². The molecule has 3 aromatic heterocycles. The third-order valence-electron chi connectivity index (χ3n) is 6.54. The van der Waals surface area contributed by atoms with Gasteiger partial charge in [-0.25, -0.2) is 15.0 Å². The van der Waals surface area contributed by atoms with E-state index >= 15 is 0 Å². The maximum absolute atomic E-state index is 10.9. The number of benzene rings is 1. The highest BCUT2D eigenvalue weighted by atomic mass is 16.3. The van der Waals surface area contributed by atoms with E-state index in [0.717, 1.165) is 40.4 Å². The van der Waals surface area contributed by atoms with Crippen molar-refractivity contribution < 1.29 is 10.2 Å². The molecular weight excluding hydrogens is 392 g/mol. The van der Waals surface area contributed by atoms with Crippen molar-refractivity contribution in [2.45, 2.75) is 44.4 Å². The summed E-state index contributed by atoms with van der Waals surface area (Å²) in [5.41, 5.74) is 15.5. The molecule has 4 aromatic rings. The van der Waals surface area contributed by atoms with E-state index in [1.54, 1.807) is 6.07 Å². The molecule has 8 heteroatoms. The smallest absolute Gasteiger partial charge is 0.146 e. The Bertz CT molecular complexity index is 1270. The number of aromatic nitrogens is 4. The molecule has 0 amide bonds. The molecule has 1 saturated carbocycles. The van der Waals surface area contributed by atoms with Gasteiger partial charge in [-0.1, -0.05) is 12.1 Å². The Morgan fingerprint density at radius 3 is 2.71 bits per heavy atom. The number of aliphatic hydroxyl groups is 2. The summed E-state index contributed by atoms with van der Waals surface area (Å²) >= 11 is 0. The van der Waals surface area contributed by atoms with Crippen molar-refractivity contribution >= 4 is 33.6 Å². The fourth-order valence-corrected chi connectivity index (χ4v) is 4.92. The monoisotopic (exact) mass is 418 g/mol. The lowest BCUT2D eigenvalue weighted by Crippen LogP contribution is -2.30. The Hall–Kier alpha value is -3.23. The topological polar surface area (TPSA) is 136 Å². The molecular formula is C23H26N6O2. The van der Waals surface area contributed by atoms with Crippen LogP contribution >= 0.6 is 0 Å². The lowest BCUT2D eigenvalue weighted by Gasteiger charge is -2.20. The van der Waals surface area contributed by atoms with Crippen molar-refractivity contribution in [1.82, 2.24) is 19.5 Å². The Labute approximate surface area is 179 Å². The number of nitrogen functional groups attached to an aromatic ring is 2. The normalized spacial score (nSPS) is 23.7. The molecule has 1 fully saturated rings. The van der Waals surface area contributed by atoms with Crippen molar-refractivity contribution in [3.8, 4) is 0 Å². The number of hydrogen-bond donors (Lipinski definition) is 4. The van der Waals surface area contributed by atoms with Crippen LogP contribution in [0.5, 0.6) is 0 Å². The van der Waals surface area contributed by atoms with E-state index in [-0.39, 0.29) is 12.0 Å². The Kier molecular flexibility index (Phi) is 4.75. The second-order valence-electron chi connectivity index (χ2n) is 8.50. The first-order valence-electron chi connectivity index (χ1n) is 10.5. The highest BCUT2D eigenvalue weighted by Gasteiger charge is 2.43. The first-order valence-corrected chi connectivity index (χ1v) is 10.5. The average Bonchev–Trinajstić information content (AvgIpc) is 3.23. The number of aryl methyl sites for hydroxylation is 2. The summed E-state index contributed by atoms with van der Waals surface area (Å²) in [6.07, 6.45) is 1.98. The van der Waals surface area contributed by atoms with Crippen LogP contribution in [0.15, 0.2) is 42.7 Å². The summed E-state index contributed by atoms with van der Waals surface area (Å²) in [4.78, 5) is 12.8. The van der Waals surface area contributed by atoms with Crippen LogP contribution in [-0.2, 0) is 6.42 Å². The standard InChI is InChI=1S/C23H26N6O2/c1-12-8-16-22(25)26-11-27-23(16)29(12)18-10-15(20(30)21(18)31)5-3-13-2-4-14-6-7-19(24)28-17(14)9-13/h2,4,6-9,11,15,18,20-21,30-31H,3,5,10H2,1H3,(H2,24,28)(H2,25,26,27)/t15-,18+,20+,21-/m0/s1.